The number of anilines is 1. The van der Waals surface area contributed by atoms with Crippen molar-refractivity contribution in [3.05, 3.63) is 12.7 Å². The van der Waals surface area contributed by atoms with Crippen molar-refractivity contribution in [3.63, 3.8) is 0 Å². The first-order chi connectivity index (χ1) is 27.6. The Morgan fingerprint density at radius 1 is 0.967 bits per heavy atom. The predicted octanol–water partition coefficient (Wildman–Crippen LogP) is 1.97. The second-order valence-electron chi connectivity index (χ2n) is 14.2. The minimum atomic E-state index is -5.57. The van der Waals surface area contributed by atoms with Crippen LogP contribution < -0.4 is 22.5 Å². The molecule has 25 nitrogen and oxygen atoms in total. The number of amides is 2. The monoisotopic (exact) mass is 938 g/mol. The second kappa shape index (κ2) is 24.4. The Morgan fingerprint density at radius 2 is 1.62 bits per heavy atom. The lowest BCUT2D eigenvalue weighted by molar-refractivity contribution is -0.137. The fourth-order valence-electron chi connectivity index (χ4n) is 5.59. The number of phosphoric acid groups is 3. The molecule has 1 aliphatic heterocycles. The molecule has 3 rings (SSSR count). The number of hydrogen-bond donors (Lipinski definition) is 10. The number of carbonyl (C=O) groups excluding carboxylic acids is 3. The molecule has 7 atom stereocenters. The van der Waals surface area contributed by atoms with E-state index in [9.17, 15) is 57.9 Å². The Morgan fingerprint density at radius 3 is 2.28 bits per heavy atom. The number of unbranched alkanes of at least 4 members (excludes halogenated alkanes) is 6. The van der Waals surface area contributed by atoms with Crippen molar-refractivity contribution in [1.29, 1.82) is 0 Å². The summed E-state index contributed by atoms with van der Waals surface area (Å²) in [7, 11) is -16.4. The van der Waals surface area contributed by atoms with Crippen LogP contribution in [0.2, 0.25) is 0 Å². The molecule has 1 aliphatic rings. The van der Waals surface area contributed by atoms with Crippen LogP contribution >= 0.6 is 35.2 Å². The molecule has 0 saturated carbocycles. The number of hydrogen-bond acceptors (Lipinski definition) is 19. The quantitative estimate of drug-likeness (QED) is 0.0452. The lowest BCUT2D eigenvalue weighted by Crippen LogP contribution is -2.46. The van der Waals surface area contributed by atoms with Crippen molar-refractivity contribution >= 4 is 69.1 Å². The van der Waals surface area contributed by atoms with Gasteiger partial charge in [0.1, 0.15) is 36.3 Å². The molecule has 2 amide bonds. The van der Waals surface area contributed by atoms with Crippen LogP contribution in [0, 0.1) is 5.41 Å². The number of thioether (sulfide) groups is 1. The maximum atomic E-state index is 12.7. The number of rotatable bonds is 27. The standard InChI is InChI=1S/C31H54N7O17P3S.H3N/c1-4-5-6-7-8-9-10-11-22(40)59-15-14-33-21(39)12-13-34-29(43)26(42)31(2,3)17-52-58(49,50)55-57(47,48)51-16-20-25(54-56(44,45)46)24(41)30(53-20)38-19-37-23-27(32)35-18-36-28(23)38;/h18-20,24-26,30,41-42H,4-17H2,1-3H3,(H,33,39)(H,34,43)(H,47,48)(H,49,50)(H2,32,35,36)(H2,44,45,46);1H3/t20-,24-,25-,26+,30-;/m1./s1. The zero-order valence-corrected chi connectivity index (χ0v) is 36.9. The molecule has 0 spiro atoms. The number of nitrogens with two attached hydrogens (primary N) is 1. The molecule has 13 N–H and O–H groups in total. The van der Waals surface area contributed by atoms with Gasteiger partial charge in [-0.15, -0.1) is 0 Å². The molecule has 0 aromatic carbocycles. The summed E-state index contributed by atoms with van der Waals surface area (Å²) in [6.45, 7) is 2.73. The summed E-state index contributed by atoms with van der Waals surface area (Å²) in [6.07, 6.45) is 1.35. The summed E-state index contributed by atoms with van der Waals surface area (Å²) in [5.74, 6) is -1.03. The van der Waals surface area contributed by atoms with E-state index in [1.165, 1.54) is 39.5 Å². The number of carbonyl (C=O) groups is 3. The highest BCUT2D eigenvalue weighted by Crippen LogP contribution is 2.61. The molecule has 2 unspecified atom stereocenters. The van der Waals surface area contributed by atoms with Crippen molar-refractivity contribution in [2.24, 2.45) is 5.41 Å². The van der Waals surface area contributed by atoms with Gasteiger partial charge in [0, 0.05) is 37.1 Å². The van der Waals surface area contributed by atoms with Gasteiger partial charge in [-0.25, -0.2) is 28.6 Å². The Labute approximate surface area is 350 Å². The number of imidazole rings is 1. The number of aromatic nitrogens is 4. The van der Waals surface area contributed by atoms with Crippen LogP contribution in [0.3, 0.4) is 0 Å². The zero-order chi connectivity index (χ0) is 44.0. The van der Waals surface area contributed by atoms with Gasteiger partial charge in [-0.1, -0.05) is 71.1 Å². The van der Waals surface area contributed by atoms with Crippen molar-refractivity contribution in [3.8, 4) is 0 Å². The predicted molar refractivity (Wildman–Crippen MR) is 215 cm³/mol. The fraction of sp³-hybridized carbons (Fsp3) is 0.742. The molecular formula is C31H57N8O17P3S. The Kier molecular flexibility index (Phi) is 21.8. The molecule has 0 bridgehead atoms. The van der Waals surface area contributed by atoms with Crippen LogP contribution in [0.1, 0.15) is 84.8 Å². The summed E-state index contributed by atoms with van der Waals surface area (Å²) in [6, 6.07) is 0. The van der Waals surface area contributed by atoms with Crippen molar-refractivity contribution in [2.45, 2.75) is 109 Å². The van der Waals surface area contributed by atoms with Gasteiger partial charge in [-0.3, -0.25) is 32.5 Å². The smallest absolute Gasteiger partial charge is 0.386 e. The van der Waals surface area contributed by atoms with Gasteiger partial charge in [0.25, 0.3) is 0 Å². The van der Waals surface area contributed by atoms with Crippen molar-refractivity contribution < 1.29 is 80.5 Å². The maximum absolute atomic E-state index is 12.7. The lowest BCUT2D eigenvalue weighted by Gasteiger charge is -2.30. The van der Waals surface area contributed by atoms with Gasteiger partial charge in [0.15, 0.2) is 22.8 Å². The number of nitrogens with zero attached hydrogens (tertiary/aromatic N) is 4. The number of fused-ring (bicyclic) bond motifs is 1. The molecule has 1 fully saturated rings. The Balaban J connectivity index is 0.0000124. The van der Waals surface area contributed by atoms with E-state index in [1.807, 2.05) is 0 Å². The maximum Gasteiger partial charge on any atom is 0.481 e. The summed E-state index contributed by atoms with van der Waals surface area (Å²) in [4.78, 5) is 87.8. The van der Waals surface area contributed by atoms with E-state index in [1.54, 1.807) is 0 Å². The Hall–Kier alpha value is -2.48. The highest BCUT2D eigenvalue weighted by molar-refractivity contribution is 8.13. The van der Waals surface area contributed by atoms with E-state index in [2.05, 4.69) is 41.3 Å². The molecule has 60 heavy (non-hydrogen) atoms. The van der Waals surface area contributed by atoms with E-state index in [-0.39, 0.29) is 47.8 Å². The normalized spacial score (nSPS) is 20.8. The number of nitrogen functional groups attached to an aromatic ring is 1. The second-order valence-corrected chi connectivity index (χ2v) is 19.5. The molecule has 1 saturated heterocycles. The summed E-state index contributed by atoms with van der Waals surface area (Å²) < 4.78 is 62.2. The van der Waals surface area contributed by atoms with E-state index >= 15 is 0 Å². The highest BCUT2D eigenvalue weighted by atomic mass is 32.2. The number of phosphoric ester groups is 3. The fourth-order valence-corrected chi connectivity index (χ4v) is 9.14. The number of aliphatic hydroxyl groups excluding tert-OH is 2. The van der Waals surface area contributed by atoms with Gasteiger partial charge >= 0.3 is 23.5 Å². The third-order valence-electron chi connectivity index (χ3n) is 8.75. The third-order valence-corrected chi connectivity index (χ3v) is 12.8. The van der Waals surface area contributed by atoms with E-state index in [4.69, 9.17) is 19.5 Å². The first-order valence-electron chi connectivity index (χ1n) is 18.6. The van der Waals surface area contributed by atoms with Crippen LogP contribution in [-0.2, 0) is 50.7 Å². The zero-order valence-electron chi connectivity index (χ0n) is 33.4. The van der Waals surface area contributed by atoms with Crippen LogP contribution in [0.25, 0.3) is 11.2 Å². The largest absolute Gasteiger partial charge is 0.481 e. The van der Waals surface area contributed by atoms with Crippen molar-refractivity contribution in [1.82, 2.24) is 36.3 Å². The van der Waals surface area contributed by atoms with Crippen LogP contribution in [0.15, 0.2) is 12.7 Å². The summed E-state index contributed by atoms with van der Waals surface area (Å²) in [5.41, 5.74) is 4.28. The Bertz CT molecular complexity index is 1860. The number of ether oxygens (including phenoxy) is 1. The lowest BCUT2D eigenvalue weighted by atomic mass is 9.87. The van der Waals surface area contributed by atoms with E-state index in [0.717, 1.165) is 48.2 Å². The van der Waals surface area contributed by atoms with Crippen LogP contribution in [-0.4, -0.2) is 123 Å². The van der Waals surface area contributed by atoms with E-state index in [0.29, 0.717) is 12.2 Å². The molecule has 0 radical (unpaired) electrons. The minimum Gasteiger partial charge on any atom is -0.386 e. The van der Waals surface area contributed by atoms with E-state index < -0.39 is 84.6 Å². The molecule has 2 aromatic rings. The van der Waals surface area contributed by atoms with Crippen LogP contribution in [0.4, 0.5) is 5.82 Å². The van der Waals surface area contributed by atoms with Gasteiger partial charge < -0.3 is 57.0 Å². The average Bonchev–Trinajstić information content (AvgIpc) is 3.71. The van der Waals surface area contributed by atoms with Crippen molar-refractivity contribution in [2.75, 3.05) is 37.8 Å². The van der Waals surface area contributed by atoms with Gasteiger partial charge in [-0.05, 0) is 6.42 Å². The molecule has 29 heteroatoms. The van der Waals surface area contributed by atoms with Gasteiger partial charge in [0.05, 0.1) is 19.5 Å². The molecule has 0 aliphatic carbocycles. The number of aliphatic hydroxyl groups is 2. The number of nitrogens with one attached hydrogen (secondary N) is 2. The summed E-state index contributed by atoms with van der Waals surface area (Å²) in [5, 5.41) is 26.5. The first kappa shape index (κ1) is 53.7. The molecular weight excluding hydrogens is 881 g/mol. The first-order valence-corrected chi connectivity index (χ1v) is 24.1. The average molecular weight is 939 g/mol. The molecule has 344 valence electrons. The molecule has 3 heterocycles. The summed E-state index contributed by atoms with van der Waals surface area (Å²) >= 11 is 1.14. The molecule has 2 aromatic heterocycles. The third kappa shape index (κ3) is 17.7. The highest BCUT2D eigenvalue weighted by Gasteiger charge is 2.50. The van der Waals surface area contributed by atoms with Gasteiger partial charge in [-0.2, -0.15) is 4.31 Å². The minimum absolute atomic E-state index is 0. The SMILES string of the molecule is CCCCCCCCCC(=O)SCCNC(=O)CCNC(=O)[C@H](O)C(C)(C)COP(=O)(O)OP(=O)(O)OC[C@H]1O[C@@H](n2cnc3c(N)ncnc32)[C@H](O)[C@@H]1OP(=O)(O)O.N. The van der Waals surface area contributed by atoms with Gasteiger partial charge in [0.2, 0.25) is 11.8 Å². The topological polar surface area (TPSA) is 399 Å². The van der Waals surface area contributed by atoms with Crippen LogP contribution in [0.5, 0.6) is 0 Å².